The minimum Gasteiger partial charge on any atom is -0.494 e. The third-order valence-electron chi connectivity index (χ3n) is 1.73. The number of methoxy groups -OCH3 is 1. The molecule has 0 aliphatic carbocycles. The van der Waals surface area contributed by atoms with Crippen molar-refractivity contribution in [1.82, 2.24) is 0 Å². The van der Waals surface area contributed by atoms with Gasteiger partial charge in [-0.05, 0) is 12.1 Å². The lowest BCUT2D eigenvalue weighted by atomic mass is 10.2. The zero-order valence-electron chi connectivity index (χ0n) is 6.50. The number of hydrogen-bond acceptors (Lipinski definition) is 2. The molecule has 1 heterocycles. The van der Waals surface area contributed by atoms with Crippen molar-refractivity contribution in [2.45, 2.75) is 0 Å². The van der Waals surface area contributed by atoms with Gasteiger partial charge in [0.1, 0.15) is 5.58 Å². The highest BCUT2D eigenvalue weighted by Crippen LogP contribution is 2.24. The molecule has 62 valence electrons. The Hall–Kier alpha value is -1.51. The first-order valence-corrected chi connectivity index (χ1v) is 3.52. The molecule has 0 bridgehead atoms. The number of furan rings is 1. The van der Waals surface area contributed by atoms with Crippen LogP contribution in [0.25, 0.3) is 11.0 Å². The Morgan fingerprint density at radius 1 is 1.42 bits per heavy atom. The summed E-state index contributed by atoms with van der Waals surface area (Å²) in [6.45, 7) is 0. The molecule has 0 unspecified atom stereocenters. The molecule has 1 aromatic carbocycles. The van der Waals surface area contributed by atoms with Crippen molar-refractivity contribution in [2.24, 2.45) is 0 Å². The highest BCUT2D eigenvalue weighted by Gasteiger charge is 2.05. The third kappa shape index (κ3) is 0.942. The van der Waals surface area contributed by atoms with Gasteiger partial charge in [-0.1, -0.05) is 0 Å². The molecule has 0 aliphatic rings. The number of fused-ring (bicyclic) bond motifs is 1. The number of halogens is 1. The van der Waals surface area contributed by atoms with Gasteiger partial charge in [-0.25, -0.2) is 4.39 Å². The lowest BCUT2D eigenvalue weighted by Crippen LogP contribution is -1.86. The van der Waals surface area contributed by atoms with Crippen LogP contribution in [0.1, 0.15) is 0 Å². The van der Waals surface area contributed by atoms with Gasteiger partial charge in [0.05, 0.1) is 13.4 Å². The topological polar surface area (TPSA) is 22.4 Å². The Balaban J connectivity index is 2.73. The van der Waals surface area contributed by atoms with Crippen molar-refractivity contribution in [3.05, 3.63) is 30.3 Å². The molecule has 0 saturated heterocycles. The number of hydrogen-bond donors (Lipinski definition) is 0. The van der Waals surface area contributed by atoms with Gasteiger partial charge in [0.2, 0.25) is 0 Å². The Morgan fingerprint density at radius 2 is 2.25 bits per heavy atom. The summed E-state index contributed by atoms with van der Waals surface area (Å²) in [5.41, 5.74) is 0.633. The van der Waals surface area contributed by atoms with Gasteiger partial charge in [-0.15, -0.1) is 0 Å². The van der Waals surface area contributed by atoms with Gasteiger partial charge in [0.15, 0.2) is 11.6 Å². The van der Waals surface area contributed by atoms with E-state index in [4.69, 9.17) is 9.15 Å². The molecule has 0 N–H and O–H groups in total. The van der Waals surface area contributed by atoms with Crippen molar-refractivity contribution < 1.29 is 13.5 Å². The van der Waals surface area contributed by atoms with E-state index < -0.39 is 0 Å². The van der Waals surface area contributed by atoms with Crippen LogP contribution in [0.3, 0.4) is 0 Å². The number of ether oxygens (including phenoxy) is 1. The lowest BCUT2D eigenvalue weighted by molar-refractivity contribution is 0.386. The molecule has 0 spiro atoms. The van der Waals surface area contributed by atoms with E-state index >= 15 is 0 Å². The van der Waals surface area contributed by atoms with Crippen LogP contribution in [0.4, 0.5) is 4.39 Å². The molecule has 2 rings (SSSR count). The van der Waals surface area contributed by atoms with E-state index in [1.165, 1.54) is 25.5 Å². The van der Waals surface area contributed by atoms with Crippen LogP contribution in [-0.4, -0.2) is 7.11 Å². The zero-order chi connectivity index (χ0) is 8.55. The molecular weight excluding hydrogens is 159 g/mol. The maximum Gasteiger partial charge on any atom is 0.165 e. The van der Waals surface area contributed by atoms with Crippen molar-refractivity contribution in [2.75, 3.05) is 7.11 Å². The van der Waals surface area contributed by atoms with Crippen LogP contribution >= 0.6 is 0 Å². The third-order valence-corrected chi connectivity index (χ3v) is 1.73. The minimum atomic E-state index is -0.369. The standard InChI is InChI=1S/C9H7FO2/c1-11-9-5-8-6(2-3-12-8)4-7(9)10/h2-5H,1H3. The SMILES string of the molecule is COc1cc2occc2cc1F. The van der Waals surface area contributed by atoms with Crippen LogP contribution in [0.2, 0.25) is 0 Å². The van der Waals surface area contributed by atoms with E-state index in [0.717, 1.165) is 5.39 Å². The minimum absolute atomic E-state index is 0.206. The largest absolute Gasteiger partial charge is 0.494 e. The first kappa shape index (κ1) is 7.16. The number of benzene rings is 1. The average Bonchev–Trinajstić information content (AvgIpc) is 2.49. The maximum atomic E-state index is 13.0. The molecular formula is C9H7FO2. The molecule has 1 aromatic heterocycles. The van der Waals surface area contributed by atoms with Crippen LogP contribution in [-0.2, 0) is 0 Å². The van der Waals surface area contributed by atoms with E-state index in [2.05, 4.69) is 0 Å². The molecule has 0 atom stereocenters. The summed E-state index contributed by atoms with van der Waals surface area (Å²) in [7, 11) is 1.42. The van der Waals surface area contributed by atoms with Crippen LogP contribution in [0.5, 0.6) is 5.75 Å². The molecule has 0 radical (unpaired) electrons. The fourth-order valence-corrected chi connectivity index (χ4v) is 1.12. The predicted molar refractivity (Wildman–Crippen MR) is 42.7 cm³/mol. The van der Waals surface area contributed by atoms with Gasteiger partial charge in [0.25, 0.3) is 0 Å². The maximum absolute atomic E-state index is 13.0. The summed E-state index contributed by atoms with van der Waals surface area (Å²) in [6, 6.07) is 4.63. The molecule has 0 fully saturated rings. The van der Waals surface area contributed by atoms with Gasteiger partial charge < -0.3 is 9.15 Å². The summed E-state index contributed by atoms with van der Waals surface area (Å²) in [6.07, 6.45) is 1.52. The normalized spacial score (nSPS) is 10.5. The van der Waals surface area contributed by atoms with Gasteiger partial charge in [0, 0.05) is 11.5 Å². The van der Waals surface area contributed by atoms with Crippen molar-refractivity contribution in [3.63, 3.8) is 0 Å². The molecule has 0 saturated carbocycles. The van der Waals surface area contributed by atoms with Gasteiger partial charge in [-0.3, -0.25) is 0 Å². The zero-order valence-corrected chi connectivity index (χ0v) is 6.50. The highest BCUT2D eigenvalue weighted by molar-refractivity contribution is 5.78. The van der Waals surface area contributed by atoms with Gasteiger partial charge in [-0.2, -0.15) is 0 Å². The Kier molecular flexibility index (Phi) is 1.50. The fraction of sp³-hybridized carbons (Fsp3) is 0.111. The molecule has 2 aromatic rings. The van der Waals surface area contributed by atoms with E-state index in [1.807, 2.05) is 0 Å². The molecule has 0 amide bonds. The summed E-state index contributed by atoms with van der Waals surface area (Å²) >= 11 is 0. The fourth-order valence-electron chi connectivity index (χ4n) is 1.12. The number of rotatable bonds is 1. The lowest BCUT2D eigenvalue weighted by Gasteiger charge is -1.99. The molecule has 2 nitrogen and oxygen atoms in total. The van der Waals surface area contributed by atoms with Crippen LogP contribution in [0, 0.1) is 5.82 Å². The molecule has 12 heavy (non-hydrogen) atoms. The molecule has 3 heteroatoms. The van der Waals surface area contributed by atoms with Crippen LogP contribution < -0.4 is 4.74 Å². The summed E-state index contributed by atoms with van der Waals surface area (Å²) < 4.78 is 22.9. The molecule has 0 aliphatic heterocycles. The highest BCUT2D eigenvalue weighted by atomic mass is 19.1. The first-order valence-electron chi connectivity index (χ1n) is 3.52. The summed E-state index contributed by atoms with van der Waals surface area (Å²) in [5, 5.41) is 0.744. The second-order valence-corrected chi connectivity index (χ2v) is 2.45. The summed E-state index contributed by atoms with van der Waals surface area (Å²) in [4.78, 5) is 0. The predicted octanol–water partition coefficient (Wildman–Crippen LogP) is 2.58. The second kappa shape index (κ2) is 2.52. The van der Waals surface area contributed by atoms with E-state index in [1.54, 1.807) is 6.07 Å². The smallest absolute Gasteiger partial charge is 0.165 e. The monoisotopic (exact) mass is 166 g/mol. The van der Waals surface area contributed by atoms with Crippen molar-refractivity contribution in [3.8, 4) is 5.75 Å². The van der Waals surface area contributed by atoms with E-state index in [-0.39, 0.29) is 11.6 Å². The second-order valence-electron chi connectivity index (χ2n) is 2.45. The van der Waals surface area contributed by atoms with E-state index in [0.29, 0.717) is 5.58 Å². The first-order chi connectivity index (χ1) is 5.81. The Bertz CT molecular complexity index is 406. The van der Waals surface area contributed by atoms with Crippen molar-refractivity contribution in [1.29, 1.82) is 0 Å². The Labute approximate surface area is 68.6 Å². The average molecular weight is 166 g/mol. The summed E-state index contributed by atoms with van der Waals surface area (Å²) in [5.74, 6) is -0.163. The van der Waals surface area contributed by atoms with Crippen LogP contribution in [0.15, 0.2) is 28.9 Å². The quantitative estimate of drug-likeness (QED) is 0.649. The van der Waals surface area contributed by atoms with Crippen molar-refractivity contribution >= 4 is 11.0 Å². The Morgan fingerprint density at radius 3 is 3.00 bits per heavy atom. The van der Waals surface area contributed by atoms with E-state index in [9.17, 15) is 4.39 Å². The van der Waals surface area contributed by atoms with Gasteiger partial charge >= 0.3 is 0 Å².